The molecule has 0 saturated heterocycles. The van der Waals surface area contributed by atoms with Crippen molar-refractivity contribution < 1.29 is 18.7 Å². The van der Waals surface area contributed by atoms with Crippen LogP contribution in [0.5, 0.6) is 0 Å². The van der Waals surface area contributed by atoms with Gasteiger partial charge in [0.15, 0.2) is 17.5 Å². The lowest BCUT2D eigenvalue weighted by molar-refractivity contribution is -0.136. The van der Waals surface area contributed by atoms with Gasteiger partial charge in [-0.1, -0.05) is 30.3 Å². The summed E-state index contributed by atoms with van der Waals surface area (Å²) in [5, 5.41) is 12.0. The molecule has 9 heteroatoms. The first-order valence-corrected chi connectivity index (χ1v) is 8.74. The number of nitrogens with zero attached hydrogens (tertiary/aromatic N) is 3. The second-order valence-electron chi connectivity index (χ2n) is 6.25. The first-order valence-electron chi connectivity index (χ1n) is 8.74. The normalized spacial score (nSPS) is 11.0. The Hall–Kier alpha value is -3.88. The van der Waals surface area contributed by atoms with E-state index in [2.05, 4.69) is 25.3 Å². The maximum Gasteiger partial charge on any atom is 0.305 e. The van der Waals surface area contributed by atoms with Gasteiger partial charge in [0.1, 0.15) is 17.2 Å². The van der Waals surface area contributed by atoms with Gasteiger partial charge in [0.05, 0.1) is 12.6 Å². The predicted octanol–water partition coefficient (Wildman–Crippen LogP) is 3.85. The molecule has 3 heterocycles. The number of nitrogens with one attached hydrogen (secondary N) is 2. The number of hydrogen-bond acceptors (Lipinski definition) is 5. The minimum absolute atomic E-state index is 0.0129. The quantitative estimate of drug-likeness (QED) is 0.458. The molecule has 0 aliphatic carbocycles. The zero-order valence-corrected chi connectivity index (χ0v) is 15.0. The molecule has 29 heavy (non-hydrogen) atoms. The molecule has 3 aromatic heterocycles. The van der Waals surface area contributed by atoms with Crippen LogP contribution in [0.4, 0.5) is 14.6 Å². The number of carboxylic acid groups (broad SMARTS) is 1. The summed E-state index contributed by atoms with van der Waals surface area (Å²) in [7, 11) is 0. The smallest absolute Gasteiger partial charge is 0.305 e. The lowest BCUT2D eigenvalue weighted by atomic mass is 10.1. The van der Waals surface area contributed by atoms with Crippen molar-refractivity contribution in [1.82, 2.24) is 19.9 Å². The summed E-state index contributed by atoms with van der Waals surface area (Å²) in [5.41, 5.74) is 1.47. The lowest BCUT2D eigenvalue weighted by Gasteiger charge is -2.11. The van der Waals surface area contributed by atoms with Crippen LogP contribution in [-0.4, -0.2) is 37.6 Å². The summed E-state index contributed by atoms with van der Waals surface area (Å²) in [5.74, 6) is -2.22. The number of benzene rings is 1. The number of carboxylic acids is 1. The molecule has 0 unspecified atom stereocenters. The lowest BCUT2D eigenvalue weighted by Crippen LogP contribution is -2.11. The summed E-state index contributed by atoms with van der Waals surface area (Å²) in [6.45, 7) is -0.0129. The molecule has 0 amide bonds. The Morgan fingerprint density at radius 2 is 1.97 bits per heavy atom. The van der Waals surface area contributed by atoms with Crippen molar-refractivity contribution in [2.24, 2.45) is 0 Å². The molecular formula is C20H15F2N5O2. The highest BCUT2D eigenvalue weighted by molar-refractivity contribution is 5.92. The summed E-state index contributed by atoms with van der Waals surface area (Å²) in [6, 6.07) is 9.99. The van der Waals surface area contributed by atoms with Gasteiger partial charge in [0, 0.05) is 29.3 Å². The van der Waals surface area contributed by atoms with Crippen molar-refractivity contribution in [2.45, 2.75) is 6.42 Å². The van der Waals surface area contributed by atoms with Crippen molar-refractivity contribution in [3.8, 4) is 22.6 Å². The Kier molecular flexibility index (Phi) is 4.86. The fourth-order valence-electron chi connectivity index (χ4n) is 2.92. The van der Waals surface area contributed by atoms with E-state index < -0.39 is 17.6 Å². The molecule has 0 aliphatic heterocycles. The van der Waals surface area contributed by atoms with Crippen LogP contribution in [-0.2, 0) is 4.79 Å². The Morgan fingerprint density at radius 3 is 2.72 bits per heavy atom. The number of aliphatic carboxylic acids is 1. The van der Waals surface area contributed by atoms with Gasteiger partial charge in [0.25, 0.3) is 0 Å². The third-order valence-electron chi connectivity index (χ3n) is 4.27. The summed E-state index contributed by atoms with van der Waals surface area (Å²) < 4.78 is 28.8. The highest BCUT2D eigenvalue weighted by Crippen LogP contribution is 2.31. The number of pyridine rings is 1. The van der Waals surface area contributed by atoms with Crippen LogP contribution in [0.25, 0.3) is 33.7 Å². The van der Waals surface area contributed by atoms with Gasteiger partial charge in [0.2, 0.25) is 0 Å². The van der Waals surface area contributed by atoms with Gasteiger partial charge in [-0.25, -0.2) is 23.7 Å². The van der Waals surface area contributed by atoms with E-state index in [4.69, 9.17) is 5.11 Å². The van der Waals surface area contributed by atoms with Crippen molar-refractivity contribution >= 4 is 22.8 Å². The standard InChI is InChI=1S/C20H15F2N5O2/c21-12-8-13-14(10-25-18(13)24-9-12)19-26-17(11-4-2-1-3-5-11)16(22)20(27-19)23-7-6-15(28)29/h1-5,8-10H,6-7H2,(H,24,25)(H,28,29)(H,23,26,27). The van der Waals surface area contributed by atoms with Gasteiger partial charge in [-0.15, -0.1) is 0 Å². The molecule has 0 aliphatic rings. The first-order chi connectivity index (χ1) is 14.0. The van der Waals surface area contributed by atoms with Gasteiger partial charge >= 0.3 is 5.97 Å². The molecule has 1 aromatic carbocycles. The monoisotopic (exact) mass is 395 g/mol. The number of aromatic nitrogens is 4. The fraction of sp³-hybridized carbons (Fsp3) is 0.100. The molecule has 0 saturated carbocycles. The third-order valence-corrected chi connectivity index (χ3v) is 4.27. The minimum Gasteiger partial charge on any atom is -0.481 e. The van der Waals surface area contributed by atoms with Crippen LogP contribution in [0.2, 0.25) is 0 Å². The molecule has 0 spiro atoms. The fourth-order valence-corrected chi connectivity index (χ4v) is 2.92. The highest BCUT2D eigenvalue weighted by Gasteiger charge is 2.19. The largest absolute Gasteiger partial charge is 0.481 e. The van der Waals surface area contributed by atoms with E-state index in [0.29, 0.717) is 22.2 Å². The van der Waals surface area contributed by atoms with E-state index in [1.807, 2.05) is 0 Å². The van der Waals surface area contributed by atoms with Crippen LogP contribution in [0.3, 0.4) is 0 Å². The second kappa shape index (κ2) is 7.63. The van der Waals surface area contributed by atoms with Gasteiger partial charge in [-0.3, -0.25) is 4.79 Å². The maximum absolute atomic E-state index is 15.1. The summed E-state index contributed by atoms with van der Waals surface area (Å²) in [4.78, 5) is 26.2. The zero-order valence-electron chi connectivity index (χ0n) is 15.0. The summed E-state index contributed by atoms with van der Waals surface area (Å²) >= 11 is 0. The number of carbonyl (C=O) groups is 1. The predicted molar refractivity (Wildman–Crippen MR) is 103 cm³/mol. The van der Waals surface area contributed by atoms with Crippen LogP contribution in [0.15, 0.2) is 48.8 Å². The molecule has 0 bridgehead atoms. The molecule has 0 fully saturated rings. The topological polar surface area (TPSA) is 104 Å². The Balaban J connectivity index is 1.86. The average molecular weight is 395 g/mol. The van der Waals surface area contributed by atoms with Crippen LogP contribution in [0.1, 0.15) is 6.42 Å². The van der Waals surface area contributed by atoms with Crippen LogP contribution >= 0.6 is 0 Å². The average Bonchev–Trinajstić information content (AvgIpc) is 3.12. The molecule has 4 rings (SSSR count). The number of aromatic amines is 1. The number of fused-ring (bicyclic) bond motifs is 1. The molecule has 4 aromatic rings. The van der Waals surface area contributed by atoms with Crippen LogP contribution in [0, 0.1) is 11.6 Å². The van der Waals surface area contributed by atoms with E-state index in [9.17, 15) is 9.18 Å². The van der Waals surface area contributed by atoms with Crippen molar-refractivity contribution in [1.29, 1.82) is 0 Å². The van der Waals surface area contributed by atoms with Gasteiger partial charge in [-0.05, 0) is 6.07 Å². The number of halogens is 2. The number of rotatable bonds is 6. The molecule has 7 nitrogen and oxygen atoms in total. The second-order valence-corrected chi connectivity index (χ2v) is 6.25. The molecule has 0 radical (unpaired) electrons. The van der Waals surface area contributed by atoms with E-state index >= 15 is 4.39 Å². The Morgan fingerprint density at radius 1 is 1.17 bits per heavy atom. The molecular weight excluding hydrogens is 380 g/mol. The van der Waals surface area contributed by atoms with E-state index in [1.165, 1.54) is 6.07 Å². The molecule has 146 valence electrons. The Labute approximate surface area is 163 Å². The summed E-state index contributed by atoms with van der Waals surface area (Å²) in [6.07, 6.45) is 2.45. The Bertz CT molecular complexity index is 1190. The zero-order chi connectivity index (χ0) is 20.4. The van der Waals surface area contributed by atoms with E-state index in [-0.39, 0.29) is 30.3 Å². The van der Waals surface area contributed by atoms with Crippen molar-refractivity contribution in [2.75, 3.05) is 11.9 Å². The van der Waals surface area contributed by atoms with E-state index in [1.54, 1.807) is 36.5 Å². The molecule has 3 N–H and O–H groups in total. The van der Waals surface area contributed by atoms with Crippen LogP contribution < -0.4 is 5.32 Å². The third kappa shape index (κ3) is 3.75. The highest BCUT2D eigenvalue weighted by atomic mass is 19.1. The van der Waals surface area contributed by atoms with Gasteiger partial charge in [-0.2, -0.15) is 0 Å². The molecule has 0 atom stereocenters. The van der Waals surface area contributed by atoms with E-state index in [0.717, 1.165) is 6.20 Å². The first kappa shape index (κ1) is 18.5. The van der Waals surface area contributed by atoms with Crippen molar-refractivity contribution in [3.05, 3.63) is 60.4 Å². The number of hydrogen-bond donors (Lipinski definition) is 3. The number of anilines is 1. The van der Waals surface area contributed by atoms with Gasteiger partial charge < -0.3 is 15.4 Å². The van der Waals surface area contributed by atoms with Crippen molar-refractivity contribution in [3.63, 3.8) is 0 Å². The SMILES string of the molecule is O=C(O)CCNc1nc(-c2c[nH]c3ncc(F)cc23)nc(-c2ccccc2)c1F. The maximum atomic E-state index is 15.1. The minimum atomic E-state index is -1.02. The number of H-pyrrole nitrogens is 1.